The number of H-pyrrole nitrogens is 1. The van der Waals surface area contributed by atoms with Crippen molar-refractivity contribution in [1.29, 1.82) is 0 Å². The number of nitrogens with one attached hydrogen (secondary N) is 2. The number of thioether (sulfide) groups is 1. The molecule has 1 amide bonds. The van der Waals surface area contributed by atoms with E-state index in [1.165, 1.54) is 11.8 Å². The highest BCUT2D eigenvalue weighted by Gasteiger charge is 2.21. The van der Waals surface area contributed by atoms with Crippen LogP contribution in [0.4, 0.5) is 5.69 Å². The SMILES string of the molecule is CCOc1ccccc1NC(=O)CSc1n[nH]c(C2CCCO2)n1. The van der Waals surface area contributed by atoms with E-state index in [0.29, 0.717) is 23.2 Å². The number of para-hydroxylation sites is 2. The molecule has 24 heavy (non-hydrogen) atoms. The molecule has 2 N–H and O–H groups in total. The third-order valence-corrected chi connectivity index (χ3v) is 4.36. The second kappa shape index (κ2) is 8.16. The van der Waals surface area contributed by atoms with Gasteiger partial charge in [-0.25, -0.2) is 4.98 Å². The van der Waals surface area contributed by atoms with Gasteiger partial charge in [0.25, 0.3) is 0 Å². The molecular weight excluding hydrogens is 328 g/mol. The van der Waals surface area contributed by atoms with Crippen LogP contribution in [0.1, 0.15) is 31.7 Å². The topological polar surface area (TPSA) is 89.1 Å². The van der Waals surface area contributed by atoms with E-state index in [-0.39, 0.29) is 17.8 Å². The van der Waals surface area contributed by atoms with Gasteiger partial charge in [-0.3, -0.25) is 9.89 Å². The summed E-state index contributed by atoms with van der Waals surface area (Å²) in [5.74, 6) is 1.49. The summed E-state index contributed by atoms with van der Waals surface area (Å²) in [5, 5.41) is 10.4. The highest BCUT2D eigenvalue weighted by atomic mass is 32.2. The first-order valence-electron chi connectivity index (χ1n) is 7.94. The fourth-order valence-corrected chi connectivity index (χ4v) is 3.03. The number of aromatic amines is 1. The summed E-state index contributed by atoms with van der Waals surface area (Å²) in [7, 11) is 0. The monoisotopic (exact) mass is 348 g/mol. The number of carbonyl (C=O) groups is 1. The van der Waals surface area contributed by atoms with Gasteiger partial charge in [0.2, 0.25) is 11.1 Å². The molecule has 1 atom stereocenters. The number of nitrogens with zero attached hydrogens (tertiary/aromatic N) is 2. The van der Waals surface area contributed by atoms with Crippen molar-refractivity contribution < 1.29 is 14.3 Å². The summed E-state index contributed by atoms with van der Waals surface area (Å²) in [4.78, 5) is 16.5. The molecule has 1 saturated heterocycles. The Hall–Kier alpha value is -2.06. The largest absolute Gasteiger partial charge is 0.492 e. The molecule has 8 heteroatoms. The molecular formula is C16H20N4O3S. The van der Waals surface area contributed by atoms with E-state index in [2.05, 4.69) is 20.5 Å². The number of benzene rings is 1. The molecule has 0 radical (unpaired) electrons. The minimum Gasteiger partial charge on any atom is -0.492 e. The molecule has 1 fully saturated rings. The highest BCUT2D eigenvalue weighted by molar-refractivity contribution is 7.99. The van der Waals surface area contributed by atoms with Crippen molar-refractivity contribution in [3.05, 3.63) is 30.1 Å². The Morgan fingerprint density at radius 2 is 2.38 bits per heavy atom. The number of anilines is 1. The van der Waals surface area contributed by atoms with Crippen molar-refractivity contribution in [3.8, 4) is 5.75 Å². The number of hydrogen-bond acceptors (Lipinski definition) is 6. The third kappa shape index (κ3) is 4.27. The van der Waals surface area contributed by atoms with Crippen LogP contribution in [-0.4, -0.2) is 40.1 Å². The lowest BCUT2D eigenvalue weighted by Crippen LogP contribution is -2.15. The Balaban J connectivity index is 1.52. The number of carbonyl (C=O) groups excluding carboxylic acids is 1. The summed E-state index contributed by atoms with van der Waals surface area (Å²) in [6.07, 6.45) is 1.99. The maximum Gasteiger partial charge on any atom is 0.234 e. The van der Waals surface area contributed by atoms with Crippen LogP contribution >= 0.6 is 11.8 Å². The fourth-order valence-electron chi connectivity index (χ4n) is 2.43. The molecule has 7 nitrogen and oxygen atoms in total. The van der Waals surface area contributed by atoms with Crippen LogP contribution in [0.2, 0.25) is 0 Å². The van der Waals surface area contributed by atoms with Crippen LogP contribution < -0.4 is 10.1 Å². The molecule has 3 rings (SSSR count). The van der Waals surface area contributed by atoms with Gasteiger partial charge in [-0.1, -0.05) is 23.9 Å². The van der Waals surface area contributed by atoms with Gasteiger partial charge in [0.15, 0.2) is 5.82 Å². The molecule has 0 spiro atoms. The zero-order valence-electron chi connectivity index (χ0n) is 13.4. The molecule has 0 aliphatic carbocycles. The molecule has 1 aliphatic rings. The maximum absolute atomic E-state index is 12.1. The highest BCUT2D eigenvalue weighted by Crippen LogP contribution is 2.27. The van der Waals surface area contributed by atoms with Crippen molar-refractivity contribution in [2.45, 2.75) is 31.0 Å². The molecule has 1 aliphatic heterocycles. The Labute approximate surface area is 144 Å². The van der Waals surface area contributed by atoms with Crippen LogP contribution in [-0.2, 0) is 9.53 Å². The molecule has 1 unspecified atom stereocenters. The van der Waals surface area contributed by atoms with E-state index in [9.17, 15) is 4.79 Å². The quantitative estimate of drug-likeness (QED) is 0.748. The van der Waals surface area contributed by atoms with Gasteiger partial charge in [0.1, 0.15) is 11.9 Å². The first-order valence-corrected chi connectivity index (χ1v) is 8.93. The lowest BCUT2D eigenvalue weighted by Gasteiger charge is -2.10. The van der Waals surface area contributed by atoms with Crippen LogP contribution in [0.15, 0.2) is 29.4 Å². The van der Waals surface area contributed by atoms with Gasteiger partial charge in [0, 0.05) is 6.61 Å². The molecule has 128 valence electrons. The third-order valence-electron chi connectivity index (χ3n) is 3.51. The Morgan fingerprint density at radius 1 is 1.50 bits per heavy atom. The average molecular weight is 348 g/mol. The smallest absolute Gasteiger partial charge is 0.234 e. The normalized spacial score (nSPS) is 17.0. The van der Waals surface area contributed by atoms with Crippen molar-refractivity contribution in [2.75, 3.05) is 24.3 Å². The van der Waals surface area contributed by atoms with Gasteiger partial charge in [-0.2, -0.15) is 0 Å². The van der Waals surface area contributed by atoms with Crippen molar-refractivity contribution in [1.82, 2.24) is 15.2 Å². The predicted molar refractivity (Wildman–Crippen MR) is 91.3 cm³/mol. The molecule has 1 aromatic heterocycles. The van der Waals surface area contributed by atoms with Gasteiger partial charge in [0.05, 0.1) is 18.0 Å². The van der Waals surface area contributed by atoms with Crippen LogP contribution in [0, 0.1) is 0 Å². The molecule has 0 bridgehead atoms. The zero-order chi connectivity index (χ0) is 16.8. The van der Waals surface area contributed by atoms with E-state index in [4.69, 9.17) is 9.47 Å². The van der Waals surface area contributed by atoms with Crippen LogP contribution in [0.5, 0.6) is 5.75 Å². The number of amides is 1. The van der Waals surface area contributed by atoms with Gasteiger partial charge in [-0.15, -0.1) is 5.10 Å². The number of ether oxygens (including phenoxy) is 2. The molecule has 0 saturated carbocycles. The van der Waals surface area contributed by atoms with E-state index in [1.54, 1.807) is 0 Å². The second-order valence-corrected chi connectivity index (χ2v) is 6.21. The lowest BCUT2D eigenvalue weighted by atomic mass is 10.2. The zero-order valence-corrected chi connectivity index (χ0v) is 14.3. The van der Waals surface area contributed by atoms with Crippen LogP contribution in [0.3, 0.4) is 0 Å². The lowest BCUT2D eigenvalue weighted by molar-refractivity contribution is -0.113. The first-order chi connectivity index (χ1) is 11.8. The summed E-state index contributed by atoms with van der Waals surface area (Å²) in [5.41, 5.74) is 0.667. The van der Waals surface area contributed by atoms with Crippen molar-refractivity contribution in [3.63, 3.8) is 0 Å². The minimum absolute atomic E-state index is 0.00116. The predicted octanol–water partition coefficient (Wildman–Crippen LogP) is 2.79. The summed E-state index contributed by atoms with van der Waals surface area (Å²) in [6, 6.07) is 7.37. The van der Waals surface area contributed by atoms with E-state index in [0.717, 1.165) is 25.3 Å². The summed E-state index contributed by atoms with van der Waals surface area (Å²) >= 11 is 1.28. The second-order valence-electron chi connectivity index (χ2n) is 5.27. The maximum atomic E-state index is 12.1. The molecule has 2 heterocycles. The average Bonchev–Trinajstić information content (AvgIpc) is 3.26. The van der Waals surface area contributed by atoms with Crippen LogP contribution in [0.25, 0.3) is 0 Å². The Kier molecular flexibility index (Phi) is 5.71. The van der Waals surface area contributed by atoms with Crippen molar-refractivity contribution >= 4 is 23.4 Å². The summed E-state index contributed by atoms with van der Waals surface area (Å²) in [6.45, 7) is 3.21. The number of aromatic nitrogens is 3. The van der Waals surface area contributed by atoms with E-state index >= 15 is 0 Å². The Morgan fingerprint density at radius 3 is 3.17 bits per heavy atom. The fraction of sp³-hybridized carbons (Fsp3) is 0.438. The molecule has 2 aromatic rings. The standard InChI is InChI=1S/C16H20N4O3S/c1-2-22-12-7-4-3-6-11(12)17-14(21)10-24-16-18-15(19-20-16)13-8-5-9-23-13/h3-4,6-7,13H,2,5,8-10H2,1H3,(H,17,21)(H,18,19,20). The van der Waals surface area contributed by atoms with Gasteiger partial charge >= 0.3 is 0 Å². The minimum atomic E-state index is -0.129. The number of rotatable bonds is 7. The number of hydrogen-bond donors (Lipinski definition) is 2. The Bertz CT molecular complexity index is 685. The van der Waals surface area contributed by atoms with E-state index in [1.807, 2.05) is 31.2 Å². The summed E-state index contributed by atoms with van der Waals surface area (Å²) < 4.78 is 11.1. The van der Waals surface area contributed by atoms with Crippen molar-refractivity contribution in [2.24, 2.45) is 0 Å². The van der Waals surface area contributed by atoms with Gasteiger partial charge in [-0.05, 0) is 31.9 Å². The first kappa shape index (κ1) is 16.8. The van der Waals surface area contributed by atoms with Gasteiger partial charge < -0.3 is 14.8 Å². The molecule has 1 aromatic carbocycles. The van der Waals surface area contributed by atoms with E-state index < -0.39 is 0 Å².